The van der Waals surface area contributed by atoms with E-state index in [9.17, 15) is 4.79 Å². The van der Waals surface area contributed by atoms with Crippen molar-refractivity contribution in [2.75, 3.05) is 14.2 Å². The third-order valence-corrected chi connectivity index (χ3v) is 5.50. The van der Waals surface area contributed by atoms with Gasteiger partial charge in [0.2, 0.25) is 0 Å². The van der Waals surface area contributed by atoms with Gasteiger partial charge in [0.25, 0.3) is 0 Å². The highest BCUT2D eigenvalue weighted by molar-refractivity contribution is 5.77. The lowest BCUT2D eigenvalue weighted by Crippen LogP contribution is -2.19. The highest BCUT2D eigenvalue weighted by Gasteiger charge is 2.13. The summed E-state index contributed by atoms with van der Waals surface area (Å²) in [4.78, 5) is 23.1. The Hall–Kier alpha value is -3.54. The number of para-hydroxylation sites is 1. The first-order valence-electron chi connectivity index (χ1n) is 9.89. The topological polar surface area (TPSA) is 79.5 Å². The predicted molar refractivity (Wildman–Crippen MR) is 116 cm³/mol. The van der Waals surface area contributed by atoms with Crippen LogP contribution in [0.15, 0.2) is 35.3 Å². The zero-order valence-corrected chi connectivity index (χ0v) is 17.6. The molecule has 1 aliphatic heterocycles. The van der Waals surface area contributed by atoms with Gasteiger partial charge in [0.05, 0.1) is 36.0 Å². The molecule has 0 unspecified atom stereocenters. The van der Waals surface area contributed by atoms with Crippen molar-refractivity contribution >= 4 is 23.8 Å². The molecule has 0 fully saturated rings. The molecular weight excluding hydrogens is 378 g/mol. The Morgan fingerprint density at radius 2 is 1.97 bits per heavy atom. The van der Waals surface area contributed by atoms with E-state index in [2.05, 4.69) is 29.0 Å². The van der Waals surface area contributed by atoms with Gasteiger partial charge in [0.15, 0.2) is 0 Å². The fraction of sp³-hybridized carbons (Fsp3) is 0.250. The number of carbonyl (C=O) groups excluding carboxylic acids is 1. The van der Waals surface area contributed by atoms with Crippen LogP contribution in [-0.4, -0.2) is 30.2 Å². The minimum Gasteiger partial charge on any atom is -0.494 e. The van der Waals surface area contributed by atoms with Crippen molar-refractivity contribution in [2.24, 2.45) is 4.99 Å². The van der Waals surface area contributed by atoms with E-state index in [-0.39, 0.29) is 5.97 Å². The Kier molecular flexibility index (Phi) is 5.31. The van der Waals surface area contributed by atoms with Crippen molar-refractivity contribution in [2.45, 2.75) is 26.7 Å². The molecule has 2 aromatic heterocycles. The highest BCUT2D eigenvalue weighted by Crippen LogP contribution is 2.20. The van der Waals surface area contributed by atoms with E-state index in [4.69, 9.17) is 14.5 Å². The van der Waals surface area contributed by atoms with Crippen molar-refractivity contribution in [1.29, 1.82) is 0 Å². The number of esters is 1. The lowest BCUT2D eigenvalue weighted by molar-refractivity contribution is -0.140. The third-order valence-electron chi connectivity index (χ3n) is 5.50. The number of fused-ring (bicyclic) bond motifs is 1. The summed E-state index contributed by atoms with van der Waals surface area (Å²) in [6, 6.07) is 10.0. The van der Waals surface area contributed by atoms with E-state index in [1.807, 2.05) is 37.3 Å². The molecule has 154 valence electrons. The number of nitrogens with one attached hydrogen (secondary N) is 2. The van der Waals surface area contributed by atoms with Crippen LogP contribution in [0.4, 0.5) is 0 Å². The summed E-state index contributed by atoms with van der Waals surface area (Å²) < 4.78 is 10.4. The molecule has 6 nitrogen and oxygen atoms in total. The fourth-order valence-electron chi connectivity index (χ4n) is 3.83. The van der Waals surface area contributed by atoms with Crippen LogP contribution in [0.2, 0.25) is 0 Å². The molecule has 0 spiro atoms. The number of H-pyrrole nitrogens is 2. The van der Waals surface area contributed by atoms with Gasteiger partial charge in [-0.05, 0) is 49.6 Å². The molecule has 30 heavy (non-hydrogen) atoms. The number of methoxy groups -OCH3 is 2. The largest absolute Gasteiger partial charge is 0.494 e. The average Bonchev–Trinajstić information content (AvgIpc) is 3.42. The highest BCUT2D eigenvalue weighted by atomic mass is 16.5. The van der Waals surface area contributed by atoms with E-state index in [0.29, 0.717) is 12.8 Å². The van der Waals surface area contributed by atoms with Gasteiger partial charge in [0.1, 0.15) is 5.75 Å². The van der Waals surface area contributed by atoms with Gasteiger partial charge in [-0.15, -0.1) is 0 Å². The second-order valence-corrected chi connectivity index (χ2v) is 7.35. The summed E-state index contributed by atoms with van der Waals surface area (Å²) in [5, 5.41) is 3.85. The smallest absolute Gasteiger partial charge is 0.305 e. The average molecular weight is 403 g/mol. The number of aromatic amines is 2. The van der Waals surface area contributed by atoms with Crippen LogP contribution >= 0.6 is 0 Å². The van der Waals surface area contributed by atoms with E-state index >= 15 is 0 Å². The Morgan fingerprint density at radius 3 is 2.70 bits per heavy atom. The number of rotatable bonds is 5. The van der Waals surface area contributed by atoms with Gasteiger partial charge in [-0.3, -0.25) is 4.79 Å². The summed E-state index contributed by atoms with van der Waals surface area (Å²) >= 11 is 0. The van der Waals surface area contributed by atoms with E-state index < -0.39 is 0 Å². The first-order chi connectivity index (χ1) is 14.5. The summed E-state index contributed by atoms with van der Waals surface area (Å²) in [5.74, 6) is 0.547. The van der Waals surface area contributed by atoms with Crippen molar-refractivity contribution in [3.8, 4) is 5.75 Å². The van der Waals surface area contributed by atoms with Gasteiger partial charge >= 0.3 is 5.97 Å². The second kappa shape index (κ2) is 8.06. The standard InChI is InChI=1S/C24H25N3O3/c1-14-17(9-10-24(28)30-4)15(2)25-19(14)12-22-23(29-3)13-21(27-22)20-11-16-7-5-6-8-18(16)26-20/h5-8,11-13,25,27H,9-10H2,1-4H3/b21-20?,22-12-. The molecule has 0 saturated heterocycles. The van der Waals surface area contributed by atoms with Gasteiger partial charge in [-0.25, -0.2) is 4.99 Å². The molecule has 4 rings (SSSR count). The van der Waals surface area contributed by atoms with E-state index in [1.165, 1.54) is 7.11 Å². The van der Waals surface area contributed by atoms with Crippen molar-refractivity contribution in [3.05, 3.63) is 74.1 Å². The van der Waals surface area contributed by atoms with Crippen molar-refractivity contribution in [1.82, 2.24) is 9.97 Å². The molecule has 0 saturated carbocycles. The summed E-state index contributed by atoms with van der Waals surface area (Å²) in [6.45, 7) is 4.08. The first-order valence-corrected chi connectivity index (χ1v) is 9.89. The number of nitrogens with zero attached hydrogens (tertiary/aromatic N) is 1. The number of hydrogen-bond acceptors (Lipinski definition) is 4. The number of aryl methyl sites for hydroxylation is 1. The lowest BCUT2D eigenvalue weighted by atomic mass is 10.0. The molecule has 0 amide bonds. The second-order valence-electron chi connectivity index (χ2n) is 7.35. The van der Waals surface area contributed by atoms with E-state index in [1.54, 1.807) is 7.11 Å². The maximum atomic E-state index is 11.5. The molecule has 3 aromatic rings. The minimum absolute atomic E-state index is 0.203. The molecule has 1 aliphatic rings. The number of hydrogen-bond donors (Lipinski definition) is 2. The monoisotopic (exact) mass is 403 g/mol. The SMILES string of the molecule is COC(=O)CCc1c(C)[nH]c(/C=c2\[nH]c(=C3C=c4ccccc4=N3)cc2OC)c1C. The molecule has 0 atom stereocenters. The summed E-state index contributed by atoms with van der Waals surface area (Å²) in [7, 11) is 3.08. The van der Waals surface area contributed by atoms with Crippen LogP contribution in [0.25, 0.3) is 17.8 Å². The van der Waals surface area contributed by atoms with Crippen LogP contribution in [0.3, 0.4) is 0 Å². The van der Waals surface area contributed by atoms with E-state index in [0.717, 1.165) is 55.2 Å². The fourth-order valence-corrected chi connectivity index (χ4v) is 3.83. The van der Waals surface area contributed by atoms with Crippen LogP contribution in [0.1, 0.15) is 28.9 Å². The van der Waals surface area contributed by atoms with Gasteiger partial charge in [-0.1, -0.05) is 18.2 Å². The molecule has 0 radical (unpaired) electrons. The number of benzene rings is 1. The minimum atomic E-state index is -0.203. The van der Waals surface area contributed by atoms with Gasteiger partial charge in [0, 0.05) is 29.1 Å². The Balaban J connectivity index is 1.77. The molecule has 3 heterocycles. The van der Waals surface area contributed by atoms with Crippen LogP contribution in [0, 0.1) is 13.8 Å². The normalized spacial score (nSPS) is 14.9. The van der Waals surface area contributed by atoms with Crippen molar-refractivity contribution in [3.63, 3.8) is 0 Å². The summed E-state index contributed by atoms with van der Waals surface area (Å²) in [6.07, 6.45) is 5.11. The maximum absolute atomic E-state index is 11.5. The zero-order valence-electron chi connectivity index (χ0n) is 17.6. The lowest BCUT2D eigenvalue weighted by Gasteiger charge is -2.01. The Bertz CT molecular complexity index is 1320. The molecule has 6 heteroatoms. The van der Waals surface area contributed by atoms with Crippen molar-refractivity contribution < 1.29 is 14.3 Å². The maximum Gasteiger partial charge on any atom is 0.305 e. The number of ether oxygens (including phenoxy) is 2. The van der Waals surface area contributed by atoms with Gasteiger partial charge in [-0.2, -0.15) is 0 Å². The first kappa shape index (κ1) is 19.8. The predicted octanol–water partition coefficient (Wildman–Crippen LogP) is 1.12. The van der Waals surface area contributed by atoms with Gasteiger partial charge < -0.3 is 19.4 Å². The zero-order chi connectivity index (χ0) is 21.3. The molecule has 0 bridgehead atoms. The quantitative estimate of drug-likeness (QED) is 0.627. The Morgan fingerprint density at radius 1 is 1.17 bits per heavy atom. The molecule has 0 aliphatic carbocycles. The molecular formula is C24H25N3O3. The Labute approximate surface area is 174 Å². The summed E-state index contributed by atoms with van der Waals surface area (Å²) in [5.41, 5.74) is 5.18. The van der Waals surface area contributed by atoms with Crippen LogP contribution in [0.5, 0.6) is 5.75 Å². The van der Waals surface area contributed by atoms with Crippen LogP contribution < -0.4 is 26.0 Å². The third kappa shape index (κ3) is 3.68. The number of carbonyl (C=O) groups is 1. The molecule has 2 N–H and O–H groups in total. The van der Waals surface area contributed by atoms with Crippen LogP contribution in [-0.2, 0) is 16.0 Å². The molecule has 1 aromatic carbocycles. The number of aromatic nitrogens is 2.